The Morgan fingerprint density at radius 2 is 1.95 bits per heavy atom. The molecule has 0 saturated heterocycles. The number of aromatic nitrogens is 3. The SMILES string of the molecule is Cc1cc2ncn(Cc3ccnc(C(=N)N)c3)c2cc1C. The monoisotopic (exact) mass is 279 g/mol. The molecule has 5 nitrogen and oxygen atoms in total. The lowest BCUT2D eigenvalue weighted by Crippen LogP contribution is -2.13. The second-order valence-electron chi connectivity index (χ2n) is 5.26. The van der Waals surface area contributed by atoms with Gasteiger partial charge in [0.05, 0.1) is 17.4 Å². The van der Waals surface area contributed by atoms with Crippen LogP contribution >= 0.6 is 0 Å². The first-order valence-corrected chi connectivity index (χ1v) is 6.76. The number of hydrogen-bond acceptors (Lipinski definition) is 3. The topological polar surface area (TPSA) is 80.6 Å². The lowest BCUT2D eigenvalue weighted by atomic mass is 10.1. The van der Waals surface area contributed by atoms with Gasteiger partial charge in [-0.2, -0.15) is 0 Å². The van der Waals surface area contributed by atoms with Gasteiger partial charge < -0.3 is 10.3 Å². The van der Waals surface area contributed by atoms with Crippen LogP contribution in [0.5, 0.6) is 0 Å². The Morgan fingerprint density at radius 1 is 1.19 bits per heavy atom. The molecule has 2 aromatic heterocycles. The zero-order chi connectivity index (χ0) is 15.0. The minimum absolute atomic E-state index is 0.0150. The van der Waals surface area contributed by atoms with Crippen molar-refractivity contribution in [3.8, 4) is 0 Å². The van der Waals surface area contributed by atoms with Crippen LogP contribution in [0.2, 0.25) is 0 Å². The zero-order valence-corrected chi connectivity index (χ0v) is 12.1. The highest BCUT2D eigenvalue weighted by molar-refractivity contribution is 5.93. The molecule has 0 bridgehead atoms. The van der Waals surface area contributed by atoms with Crippen LogP contribution in [0.3, 0.4) is 0 Å². The maximum absolute atomic E-state index is 7.46. The molecule has 3 rings (SSSR count). The molecule has 3 aromatic rings. The van der Waals surface area contributed by atoms with Crippen molar-refractivity contribution in [2.75, 3.05) is 0 Å². The molecule has 0 aliphatic carbocycles. The molecular formula is C16H17N5. The number of nitrogens with zero attached hydrogens (tertiary/aromatic N) is 3. The van der Waals surface area contributed by atoms with E-state index in [2.05, 4.69) is 40.5 Å². The van der Waals surface area contributed by atoms with Crippen LogP contribution in [-0.2, 0) is 6.54 Å². The third kappa shape index (κ3) is 2.50. The number of aryl methyl sites for hydroxylation is 2. The van der Waals surface area contributed by atoms with Crippen LogP contribution in [0, 0.1) is 19.3 Å². The van der Waals surface area contributed by atoms with Crippen molar-refractivity contribution in [2.45, 2.75) is 20.4 Å². The third-order valence-electron chi connectivity index (χ3n) is 3.69. The molecule has 1 aromatic carbocycles. The Hall–Kier alpha value is -2.69. The summed E-state index contributed by atoms with van der Waals surface area (Å²) >= 11 is 0. The van der Waals surface area contributed by atoms with Crippen molar-refractivity contribution in [1.29, 1.82) is 5.41 Å². The number of imidazole rings is 1. The summed E-state index contributed by atoms with van der Waals surface area (Å²) in [5.41, 5.74) is 11.6. The number of amidine groups is 1. The van der Waals surface area contributed by atoms with E-state index in [9.17, 15) is 0 Å². The van der Waals surface area contributed by atoms with Gasteiger partial charge in [-0.15, -0.1) is 0 Å². The molecule has 3 N–H and O–H groups in total. The average Bonchev–Trinajstić information content (AvgIpc) is 2.82. The van der Waals surface area contributed by atoms with Gasteiger partial charge in [0.15, 0.2) is 0 Å². The molecule has 106 valence electrons. The van der Waals surface area contributed by atoms with Crippen molar-refractivity contribution in [1.82, 2.24) is 14.5 Å². The Labute approximate surface area is 123 Å². The number of nitrogens with one attached hydrogen (secondary N) is 1. The molecule has 0 aliphatic rings. The van der Waals surface area contributed by atoms with Crippen molar-refractivity contribution >= 4 is 16.9 Å². The van der Waals surface area contributed by atoms with E-state index in [0.717, 1.165) is 16.6 Å². The summed E-state index contributed by atoms with van der Waals surface area (Å²) in [4.78, 5) is 8.54. The van der Waals surface area contributed by atoms with E-state index in [1.54, 1.807) is 6.20 Å². The number of pyridine rings is 1. The van der Waals surface area contributed by atoms with Crippen LogP contribution in [0.4, 0.5) is 0 Å². The van der Waals surface area contributed by atoms with Gasteiger partial charge in [-0.05, 0) is 54.8 Å². The number of hydrogen-bond donors (Lipinski definition) is 2. The lowest BCUT2D eigenvalue weighted by molar-refractivity contribution is 0.821. The summed E-state index contributed by atoms with van der Waals surface area (Å²) in [6.07, 6.45) is 3.53. The normalized spacial score (nSPS) is 11.0. The van der Waals surface area contributed by atoms with Crippen molar-refractivity contribution in [2.24, 2.45) is 5.73 Å². The van der Waals surface area contributed by atoms with Crippen LogP contribution in [0.25, 0.3) is 11.0 Å². The summed E-state index contributed by atoms with van der Waals surface area (Å²) in [6.45, 7) is 4.88. The fraction of sp³-hybridized carbons (Fsp3) is 0.188. The predicted octanol–water partition coefficient (Wildman–Crippen LogP) is 2.38. The molecule has 5 heteroatoms. The van der Waals surface area contributed by atoms with Crippen LogP contribution < -0.4 is 5.73 Å². The largest absolute Gasteiger partial charge is 0.382 e. The van der Waals surface area contributed by atoms with Gasteiger partial charge in [-0.3, -0.25) is 10.4 Å². The quantitative estimate of drug-likeness (QED) is 0.570. The van der Waals surface area contributed by atoms with Gasteiger partial charge in [-0.25, -0.2) is 4.98 Å². The molecule has 0 spiro atoms. The third-order valence-corrected chi connectivity index (χ3v) is 3.69. The fourth-order valence-electron chi connectivity index (χ4n) is 2.36. The second-order valence-corrected chi connectivity index (χ2v) is 5.26. The van der Waals surface area contributed by atoms with E-state index in [4.69, 9.17) is 11.1 Å². The molecular weight excluding hydrogens is 262 g/mol. The molecule has 0 atom stereocenters. The minimum Gasteiger partial charge on any atom is -0.382 e. The predicted molar refractivity (Wildman–Crippen MR) is 83.6 cm³/mol. The summed E-state index contributed by atoms with van der Waals surface area (Å²) in [5, 5.41) is 7.46. The molecule has 2 heterocycles. The van der Waals surface area contributed by atoms with Gasteiger partial charge in [0.2, 0.25) is 0 Å². The standard InChI is InChI=1S/C16H17N5/c1-10-5-13-15(6-11(10)2)21(9-20-13)8-12-3-4-19-14(7-12)16(17)18/h3-7,9H,8H2,1-2H3,(H3,17,18). The van der Waals surface area contributed by atoms with Crippen molar-refractivity contribution in [3.63, 3.8) is 0 Å². The summed E-state index contributed by atoms with van der Waals surface area (Å²) in [7, 11) is 0. The highest BCUT2D eigenvalue weighted by Gasteiger charge is 2.07. The smallest absolute Gasteiger partial charge is 0.141 e. The second kappa shape index (κ2) is 5.01. The van der Waals surface area contributed by atoms with Crippen molar-refractivity contribution in [3.05, 3.63) is 59.2 Å². The minimum atomic E-state index is -0.0150. The number of nitrogen functional groups attached to an aromatic ring is 1. The first-order chi connectivity index (χ1) is 10.0. The first-order valence-electron chi connectivity index (χ1n) is 6.76. The summed E-state index contributed by atoms with van der Waals surface area (Å²) < 4.78 is 2.10. The number of fused-ring (bicyclic) bond motifs is 1. The van der Waals surface area contributed by atoms with Crippen LogP contribution in [0.1, 0.15) is 22.4 Å². The van der Waals surface area contributed by atoms with Gasteiger partial charge in [0.1, 0.15) is 11.5 Å². The van der Waals surface area contributed by atoms with E-state index >= 15 is 0 Å². The molecule has 0 saturated carbocycles. The van der Waals surface area contributed by atoms with Crippen LogP contribution in [-0.4, -0.2) is 20.4 Å². The Balaban J connectivity index is 2.00. The Morgan fingerprint density at radius 3 is 2.71 bits per heavy atom. The van der Waals surface area contributed by atoms with E-state index < -0.39 is 0 Å². The Kier molecular flexibility index (Phi) is 3.17. The summed E-state index contributed by atoms with van der Waals surface area (Å²) in [6, 6.07) is 8.04. The number of nitrogens with two attached hydrogens (primary N) is 1. The fourth-order valence-corrected chi connectivity index (χ4v) is 2.36. The van der Waals surface area contributed by atoms with Gasteiger partial charge in [-0.1, -0.05) is 0 Å². The van der Waals surface area contributed by atoms with E-state index in [0.29, 0.717) is 12.2 Å². The van der Waals surface area contributed by atoms with Crippen molar-refractivity contribution < 1.29 is 0 Å². The molecule has 0 radical (unpaired) electrons. The highest BCUT2D eigenvalue weighted by atomic mass is 15.0. The highest BCUT2D eigenvalue weighted by Crippen LogP contribution is 2.19. The molecule has 0 aliphatic heterocycles. The zero-order valence-electron chi connectivity index (χ0n) is 12.1. The Bertz CT molecular complexity index is 832. The lowest BCUT2D eigenvalue weighted by Gasteiger charge is -2.07. The van der Waals surface area contributed by atoms with Crippen LogP contribution in [0.15, 0.2) is 36.8 Å². The maximum atomic E-state index is 7.46. The van der Waals surface area contributed by atoms with E-state index in [1.807, 2.05) is 18.5 Å². The van der Waals surface area contributed by atoms with E-state index in [-0.39, 0.29) is 5.84 Å². The van der Waals surface area contributed by atoms with Gasteiger partial charge in [0.25, 0.3) is 0 Å². The molecule has 0 unspecified atom stereocenters. The molecule has 0 fully saturated rings. The maximum Gasteiger partial charge on any atom is 0.141 e. The first kappa shape index (κ1) is 13.3. The summed E-state index contributed by atoms with van der Waals surface area (Å²) in [5.74, 6) is -0.0150. The van der Waals surface area contributed by atoms with Gasteiger partial charge >= 0.3 is 0 Å². The molecule has 0 amide bonds. The number of benzene rings is 1. The van der Waals surface area contributed by atoms with Gasteiger partial charge in [0, 0.05) is 12.7 Å². The number of rotatable bonds is 3. The molecule has 21 heavy (non-hydrogen) atoms. The van der Waals surface area contributed by atoms with E-state index in [1.165, 1.54) is 11.1 Å². The average molecular weight is 279 g/mol.